The lowest BCUT2D eigenvalue weighted by Crippen LogP contribution is -2.32. The van der Waals surface area contributed by atoms with Gasteiger partial charge in [-0.05, 0) is 24.3 Å². The maximum absolute atomic E-state index is 12.6. The molecule has 1 saturated heterocycles. The Balaban J connectivity index is 1.71. The van der Waals surface area contributed by atoms with E-state index in [2.05, 4.69) is 15.3 Å². The molecule has 2 aromatic rings. The number of carbonyl (C=O) groups excluding carboxylic acids is 2. The fraction of sp³-hybridized carbons (Fsp3) is 0.412. The molecule has 1 N–H and O–H groups in total. The highest BCUT2D eigenvalue weighted by atomic mass is 32.1. The maximum atomic E-state index is 12.6. The van der Waals surface area contributed by atoms with E-state index in [1.807, 2.05) is 22.4 Å². The molecule has 2 aromatic heterocycles. The Bertz CT molecular complexity index is 717. The van der Waals surface area contributed by atoms with Crippen molar-refractivity contribution in [1.82, 2.24) is 20.2 Å². The number of aromatic nitrogens is 2. The van der Waals surface area contributed by atoms with Crippen molar-refractivity contribution >= 4 is 23.2 Å². The predicted molar refractivity (Wildman–Crippen MR) is 91.3 cm³/mol. The molecular formula is C17H20N4O2S. The van der Waals surface area contributed by atoms with Crippen LogP contribution >= 0.6 is 11.3 Å². The zero-order valence-corrected chi connectivity index (χ0v) is 14.4. The van der Waals surface area contributed by atoms with Crippen LogP contribution in [0.5, 0.6) is 0 Å². The Hall–Kier alpha value is -2.28. The van der Waals surface area contributed by atoms with Crippen LogP contribution in [0.1, 0.15) is 42.1 Å². The molecule has 126 valence electrons. The molecule has 1 aliphatic rings. The second-order valence-electron chi connectivity index (χ2n) is 5.85. The molecule has 1 fully saturated rings. The Labute approximate surface area is 144 Å². The summed E-state index contributed by atoms with van der Waals surface area (Å²) in [5.41, 5.74) is 1.51. The third-order valence-electron chi connectivity index (χ3n) is 4.04. The average Bonchev–Trinajstić information content (AvgIpc) is 3.24. The maximum Gasteiger partial charge on any atom is 0.228 e. The second kappa shape index (κ2) is 7.53. The van der Waals surface area contributed by atoms with Crippen LogP contribution in [0.4, 0.5) is 0 Å². The molecule has 0 radical (unpaired) electrons. The van der Waals surface area contributed by atoms with Crippen molar-refractivity contribution in [2.45, 2.75) is 38.8 Å². The Morgan fingerprint density at radius 3 is 3.04 bits per heavy atom. The molecule has 0 unspecified atom stereocenters. The van der Waals surface area contributed by atoms with Crippen LogP contribution < -0.4 is 5.32 Å². The molecule has 2 amide bonds. The number of likely N-dealkylation sites (tertiary alicyclic amines) is 1. The van der Waals surface area contributed by atoms with Crippen molar-refractivity contribution < 1.29 is 9.59 Å². The number of nitrogens with zero attached hydrogens (tertiary/aromatic N) is 3. The van der Waals surface area contributed by atoms with Gasteiger partial charge in [-0.2, -0.15) is 0 Å². The Morgan fingerprint density at radius 1 is 1.42 bits per heavy atom. The van der Waals surface area contributed by atoms with Crippen molar-refractivity contribution in [1.29, 1.82) is 0 Å². The summed E-state index contributed by atoms with van der Waals surface area (Å²) in [6.07, 6.45) is 5.67. The van der Waals surface area contributed by atoms with Gasteiger partial charge in [-0.15, -0.1) is 11.3 Å². The number of amides is 2. The molecular weight excluding hydrogens is 324 g/mol. The highest BCUT2D eigenvalue weighted by molar-refractivity contribution is 7.10. The first-order chi connectivity index (χ1) is 11.6. The first-order valence-corrected chi connectivity index (χ1v) is 8.88. The first-order valence-electron chi connectivity index (χ1n) is 8.00. The summed E-state index contributed by atoms with van der Waals surface area (Å²) in [6, 6.07) is 3.93. The van der Waals surface area contributed by atoms with Gasteiger partial charge >= 0.3 is 0 Å². The Morgan fingerprint density at radius 2 is 2.29 bits per heavy atom. The van der Waals surface area contributed by atoms with Crippen LogP contribution in [0, 0.1) is 0 Å². The number of nitrogens with one attached hydrogen (secondary N) is 1. The summed E-state index contributed by atoms with van der Waals surface area (Å²) in [7, 11) is 0. The lowest BCUT2D eigenvalue weighted by atomic mass is 10.1. The van der Waals surface area contributed by atoms with Gasteiger partial charge < -0.3 is 10.2 Å². The summed E-state index contributed by atoms with van der Waals surface area (Å²) in [6.45, 7) is 2.58. The monoisotopic (exact) mass is 344 g/mol. The molecule has 1 aliphatic heterocycles. The molecule has 3 heterocycles. The van der Waals surface area contributed by atoms with Gasteiger partial charge in [0.25, 0.3) is 0 Å². The van der Waals surface area contributed by atoms with Gasteiger partial charge in [-0.1, -0.05) is 6.07 Å². The highest BCUT2D eigenvalue weighted by Gasteiger charge is 2.31. The largest absolute Gasteiger partial charge is 0.351 e. The van der Waals surface area contributed by atoms with Crippen LogP contribution in [-0.2, 0) is 22.6 Å². The minimum absolute atomic E-state index is 0.0257. The summed E-state index contributed by atoms with van der Waals surface area (Å²) in [5, 5.41) is 4.71. The molecule has 0 bridgehead atoms. The van der Waals surface area contributed by atoms with Crippen LogP contribution in [0.2, 0.25) is 0 Å². The van der Waals surface area contributed by atoms with E-state index in [9.17, 15) is 9.59 Å². The van der Waals surface area contributed by atoms with Crippen molar-refractivity contribution in [3.05, 3.63) is 46.2 Å². The molecule has 0 saturated carbocycles. The van der Waals surface area contributed by atoms with Gasteiger partial charge in [0.15, 0.2) is 0 Å². The standard InChI is InChI=1S/C17H20N4O2S/c1-12(22)19-10-13-9-18-11-15(20-13)16-5-2-6-21(16)17(23)8-14-4-3-7-24-14/h3-4,7,9,11,16H,2,5-6,8,10H2,1H3,(H,19,22)/t16-/m1/s1. The van der Waals surface area contributed by atoms with Crippen LogP contribution in [0.15, 0.2) is 29.9 Å². The fourth-order valence-electron chi connectivity index (χ4n) is 2.92. The minimum Gasteiger partial charge on any atom is -0.351 e. The fourth-order valence-corrected chi connectivity index (χ4v) is 3.62. The summed E-state index contributed by atoms with van der Waals surface area (Å²) in [5.74, 6) is 0.0323. The SMILES string of the molecule is CC(=O)NCc1cncc([C@H]2CCCN2C(=O)Cc2cccs2)n1. The lowest BCUT2D eigenvalue weighted by Gasteiger charge is -2.24. The molecule has 24 heavy (non-hydrogen) atoms. The van der Waals surface area contributed by atoms with Gasteiger partial charge in [0.2, 0.25) is 11.8 Å². The van der Waals surface area contributed by atoms with Crippen molar-refractivity contribution in [2.24, 2.45) is 0 Å². The van der Waals surface area contributed by atoms with E-state index in [0.29, 0.717) is 18.7 Å². The molecule has 3 rings (SSSR count). The lowest BCUT2D eigenvalue weighted by molar-refractivity contribution is -0.131. The zero-order valence-electron chi connectivity index (χ0n) is 13.6. The normalized spacial score (nSPS) is 17.0. The molecule has 1 atom stereocenters. The van der Waals surface area contributed by atoms with Crippen LogP contribution in [-0.4, -0.2) is 33.2 Å². The average molecular weight is 344 g/mol. The Kier molecular flexibility index (Phi) is 5.20. The van der Waals surface area contributed by atoms with Gasteiger partial charge in [-0.25, -0.2) is 0 Å². The predicted octanol–water partition coefficient (Wildman–Crippen LogP) is 2.08. The third kappa shape index (κ3) is 3.97. The number of hydrogen-bond donors (Lipinski definition) is 1. The van der Waals surface area contributed by atoms with E-state index in [1.54, 1.807) is 23.7 Å². The highest BCUT2D eigenvalue weighted by Crippen LogP contribution is 2.31. The van der Waals surface area contributed by atoms with Crippen LogP contribution in [0.3, 0.4) is 0 Å². The molecule has 0 spiro atoms. The van der Waals surface area contributed by atoms with Gasteiger partial charge in [0, 0.05) is 18.3 Å². The first kappa shape index (κ1) is 16.6. The number of thiophene rings is 1. The zero-order chi connectivity index (χ0) is 16.9. The second-order valence-corrected chi connectivity index (χ2v) is 6.88. The van der Waals surface area contributed by atoms with Crippen molar-refractivity contribution in [3.8, 4) is 0 Å². The number of rotatable bonds is 5. The third-order valence-corrected chi connectivity index (χ3v) is 4.92. The molecule has 7 heteroatoms. The van der Waals surface area contributed by atoms with E-state index in [-0.39, 0.29) is 17.9 Å². The number of carbonyl (C=O) groups is 2. The van der Waals surface area contributed by atoms with E-state index in [0.717, 1.165) is 30.0 Å². The van der Waals surface area contributed by atoms with Crippen molar-refractivity contribution in [2.75, 3.05) is 6.54 Å². The number of hydrogen-bond acceptors (Lipinski definition) is 5. The summed E-state index contributed by atoms with van der Waals surface area (Å²) in [4.78, 5) is 35.5. The topological polar surface area (TPSA) is 75.2 Å². The molecule has 0 aromatic carbocycles. The smallest absolute Gasteiger partial charge is 0.228 e. The molecule has 6 nitrogen and oxygen atoms in total. The quantitative estimate of drug-likeness (QED) is 0.901. The minimum atomic E-state index is -0.101. The van der Waals surface area contributed by atoms with Gasteiger partial charge in [0.1, 0.15) is 0 Å². The van der Waals surface area contributed by atoms with E-state index in [1.165, 1.54) is 6.92 Å². The van der Waals surface area contributed by atoms with E-state index >= 15 is 0 Å². The summed E-state index contributed by atoms with van der Waals surface area (Å²) >= 11 is 1.60. The van der Waals surface area contributed by atoms with Gasteiger partial charge in [0.05, 0.1) is 42.8 Å². The molecule has 0 aliphatic carbocycles. The van der Waals surface area contributed by atoms with Crippen LogP contribution in [0.25, 0.3) is 0 Å². The van der Waals surface area contributed by atoms with E-state index < -0.39 is 0 Å². The summed E-state index contributed by atoms with van der Waals surface area (Å²) < 4.78 is 0. The van der Waals surface area contributed by atoms with E-state index in [4.69, 9.17) is 0 Å². The van der Waals surface area contributed by atoms with Crippen molar-refractivity contribution in [3.63, 3.8) is 0 Å². The van der Waals surface area contributed by atoms with Gasteiger partial charge in [-0.3, -0.25) is 19.6 Å².